The fourth-order valence-electron chi connectivity index (χ4n) is 2.54. The first-order chi connectivity index (χ1) is 10.2. The van der Waals surface area contributed by atoms with E-state index >= 15 is 0 Å². The average Bonchev–Trinajstić information content (AvgIpc) is 3.03. The van der Waals surface area contributed by atoms with Crippen LogP contribution >= 0.6 is 11.3 Å². The van der Waals surface area contributed by atoms with E-state index in [4.69, 9.17) is 4.74 Å². The van der Waals surface area contributed by atoms with Crippen molar-refractivity contribution in [3.05, 3.63) is 64.9 Å². The normalized spacial score (nSPS) is 14.0. The van der Waals surface area contributed by atoms with E-state index in [-0.39, 0.29) is 6.61 Å². The summed E-state index contributed by atoms with van der Waals surface area (Å²) in [6.45, 7) is 2.13. The van der Waals surface area contributed by atoms with Crippen LogP contribution in [0.3, 0.4) is 0 Å². The maximum absolute atomic E-state index is 9.42. The number of aliphatic hydroxyl groups excluding tert-OH is 1. The number of thiophene rings is 1. The summed E-state index contributed by atoms with van der Waals surface area (Å²) in [7, 11) is 0. The highest BCUT2D eigenvalue weighted by molar-refractivity contribution is 7.10. The first-order valence-corrected chi connectivity index (χ1v) is 7.92. The number of hydrogen-bond donors (Lipinski definition) is 1. The van der Waals surface area contributed by atoms with Crippen LogP contribution in [0.2, 0.25) is 0 Å². The summed E-state index contributed by atoms with van der Waals surface area (Å²) in [4.78, 5) is 1.13. The molecule has 0 amide bonds. The van der Waals surface area contributed by atoms with Crippen LogP contribution in [0.1, 0.15) is 18.2 Å². The van der Waals surface area contributed by atoms with E-state index in [0.29, 0.717) is 6.42 Å². The Hall–Kier alpha value is -1.84. The largest absolute Gasteiger partial charge is 0.481 e. The molecule has 3 heteroatoms. The van der Waals surface area contributed by atoms with Crippen molar-refractivity contribution in [2.75, 3.05) is 6.61 Å². The molecule has 2 nitrogen and oxygen atoms in total. The summed E-state index contributed by atoms with van der Waals surface area (Å²) in [6, 6.07) is 18.3. The monoisotopic (exact) mass is 298 g/mol. The Labute approximate surface area is 128 Å². The van der Waals surface area contributed by atoms with Gasteiger partial charge in [0.1, 0.15) is 11.4 Å². The minimum absolute atomic E-state index is 0.0964. The molecule has 0 fully saturated rings. The van der Waals surface area contributed by atoms with Gasteiger partial charge in [0.05, 0.1) is 0 Å². The highest BCUT2D eigenvalue weighted by atomic mass is 32.1. The van der Waals surface area contributed by atoms with E-state index < -0.39 is 5.60 Å². The highest BCUT2D eigenvalue weighted by Gasteiger charge is 2.30. The third kappa shape index (κ3) is 2.80. The molecular weight excluding hydrogens is 280 g/mol. The van der Waals surface area contributed by atoms with Crippen LogP contribution in [0, 0.1) is 0 Å². The lowest BCUT2D eigenvalue weighted by Crippen LogP contribution is -2.29. The van der Waals surface area contributed by atoms with Crippen molar-refractivity contribution in [1.29, 1.82) is 0 Å². The van der Waals surface area contributed by atoms with Gasteiger partial charge in [0.15, 0.2) is 0 Å². The minimum atomic E-state index is -0.507. The van der Waals surface area contributed by atoms with Gasteiger partial charge in [0, 0.05) is 23.3 Å². The fourth-order valence-corrected chi connectivity index (χ4v) is 3.40. The van der Waals surface area contributed by atoms with Crippen LogP contribution in [-0.4, -0.2) is 11.7 Å². The summed E-state index contributed by atoms with van der Waals surface area (Å²) in [5.41, 5.74) is -0.507. The third-order valence-electron chi connectivity index (χ3n) is 3.72. The van der Waals surface area contributed by atoms with Crippen LogP contribution in [0.25, 0.3) is 10.8 Å². The van der Waals surface area contributed by atoms with Crippen LogP contribution in [0.15, 0.2) is 60.0 Å². The van der Waals surface area contributed by atoms with E-state index in [1.165, 1.54) is 0 Å². The van der Waals surface area contributed by atoms with Crippen LogP contribution in [0.5, 0.6) is 5.75 Å². The molecule has 3 aromatic rings. The van der Waals surface area contributed by atoms with Crippen molar-refractivity contribution in [3.63, 3.8) is 0 Å². The van der Waals surface area contributed by atoms with Crippen molar-refractivity contribution in [3.8, 4) is 5.75 Å². The number of aliphatic hydroxyl groups is 1. The zero-order valence-electron chi connectivity index (χ0n) is 12.0. The Morgan fingerprint density at radius 1 is 1.05 bits per heavy atom. The predicted octanol–water partition coefficient (Wildman–Crippen LogP) is 4.58. The minimum Gasteiger partial charge on any atom is -0.481 e. The van der Waals surface area contributed by atoms with Gasteiger partial charge in [-0.2, -0.15) is 0 Å². The Kier molecular flexibility index (Phi) is 3.95. The van der Waals surface area contributed by atoms with Gasteiger partial charge < -0.3 is 9.84 Å². The molecule has 0 bridgehead atoms. The standard InChI is InChI=1S/C18H18O2S/c1-18(11-12-19,17-10-5-13-21-17)20-16-9-4-7-14-6-2-3-8-15(14)16/h2-10,13,19H,11-12H2,1H3/t18-/m1/s1. The second kappa shape index (κ2) is 5.88. The highest BCUT2D eigenvalue weighted by Crippen LogP contribution is 2.36. The number of benzene rings is 2. The number of rotatable bonds is 5. The average molecular weight is 298 g/mol. The van der Waals surface area contributed by atoms with Crippen molar-refractivity contribution < 1.29 is 9.84 Å². The predicted molar refractivity (Wildman–Crippen MR) is 87.9 cm³/mol. The lowest BCUT2D eigenvalue weighted by atomic mass is 10.00. The first-order valence-electron chi connectivity index (χ1n) is 7.04. The molecule has 0 spiro atoms. The number of ether oxygens (including phenoxy) is 1. The van der Waals surface area contributed by atoms with E-state index in [9.17, 15) is 5.11 Å². The second-order valence-electron chi connectivity index (χ2n) is 5.26. The molecule has 1 atom stereocenters. The molecule has 1 heterocycles. The van der Waals surface area contributed by atoms with Crippen molar-refractivity contribution in [2.24, 2.45) is 0 Å². The maximum Gasteiger partial charge on any atom is 0.142 e. The molecule has 21 heavy (non-hydrogen) atoms. The smallest absolute Gasteiger partial charge is 0.142 e. The van der Waals surface area contributed by atoms with Gasteiger partial charge in [-0.05, 0) is 29.8 Å². The lowest BCUT2D eigenvalue weighted by Gasteiger charge is -2.30. The summed E-state index contributed by atoms with van der Waals surface area (Å²) in [5, 5.41) is 13.7. The lowest BCUT2D eigenvalue weighted by molar-refractivity contribution is 0.0610. The maximum atomic E-state index is 9.42. The Bertz CT molecular complexity index is 716. The van der Waals surface area contributed by atoms with Gasteiger partial charge in [0.2, 0.25) is 0 Å². The summed E-state index contributed by atoms with van der Waals surface area (Å²) >= 11 is 1.66. The summed E-state index contributed by atoms with van der Waals surface area (Å²) < 4.78 is 6.35. The summed E-state index contributed by atoms with van der Waals surface area (Å²) in [6.07, 6.45) is 0.566. The Morgan fingerprint density at radius 3 is 2.62 bits per heavy atom. The molecule has 0 saturated carbocycles. The SMILES string of the molecule is C[C@](CCO)(Oc1cccc2ccccc12)c1cccs1. The molecule has 0 aliphatic heterocycles. The van der Waals surface area contributed by atoms with E-state index in [1.54, 1.807) is 11.3 Å². The zero-order chi connectivity index (χ0) is 14.7. The molecule has 0 radical (unpaired) electrons. The van der Waals surface area contributed by atoms with Gasteiger partial charge in [-0.25, -0.2) is 0 Å². The van der Waals surface area contributed by atoms with Gasteiger partial charge >= 0.3 is 0 Å². The van der Waals surface area contributed by atoms with Crippen molar-refractivity contribution in [1.82, 2.24) is 0 Å². The van der Waals surface area contributed by atoms with Gasteiger partial charge in [-0.1, -0.05) is 42.5 Å². The summed E-state index contributed by atoms with van der Waals surface area (Å²) in [5.74, 6) is 0.859. The van der Waals surface area contributed by atoms with Gasteiger partial charge in [-0.3, -0.25) is 0 Å². The fraction of sp³-hybridized carbons (Fsp3) is 0.222. The van der Waals surface area contributed by atoms with Crippen molar-refractivity contribution in [2.45, 2.75) is 18.9 Å². The van der Waals surface area contributed by atoms with E-state index in [1.807, 2.05) is 42.6 Å². The van der Waals surface area contributed by atoms with Crippen LogP contribution in [0.4, 0.5) is 0 Å². The molecule has 1 N–H and O–H groups in total. The van der Waals surface area contributed by atoms with Gasteiger partial charge in [0.25, 0.3) is 0 Å². The number of hydrogen-bond acceptors (Lipinski definition) is 3. The molecule has 1 aromatic heterocycles. The van der Waals surface area contributed by atoms with Gasteiger partial charge in [-0.15, -0.1) is 11.3 Å². The topological polar surface area (TPSA) is 29.5 Å². The Balaban J connectivity index is 2.02. The molecule has 0 saturated heterocycles. The number of fused-ring (bicyclic) bond motifs is 1. The molecule has 2 aromatic carbocycles. The van der Waals surface area contributed by atoms with Crippen LogP contribution in [-0.2, 0) is 5.60 Å². The van der Waals surface area contributed by atoms with Crippen molar-refractivity contribution >= 4 is 22.1 Å². The van der Waals surface area contributed by atoms with E-state index in [2.05, 4.69) is 24.3 Å². The van der Waals surface area contributed by atoms with Crippen LogP contribution < -0.4 is 4.74 Å². The molecule has 108 valence electrons. The second-order valence-corrected chi connectivity index (χ2v) is 6.21. The Morgan fingerprint density at radius 2 is 1.86 bits per heavy atom. The molecular formula is C18H18O2S. The quantitative estimate of drug-likeness (QED) is 0.747. The molecule has 0 aliphatic carbocycles. The molecule has 0 aliphatic rings. The molecule has 3 rings (SSSR count). The molecule has 0 unspecified atom stereocenters. The zero-order valence-corrected chi connectivity index (χ0v) is 12.8. The first kappa shape index (κ1) is 14.1. The van der Waals surface area contributed by atoms with E-state index in [0.717, 1.165) is 21.4 Å². The third-order valence-corrected chi connectivity index (χ3v) is 4.83.